The monoisotopic (exact) mass is 272 g/mol. The minimum absolute atomic E-state index is 0.494. The largest absolute Gasteiger partial charge is 0.491 e. The topological polar surface area (TPSA) is 45.9 Å². The molecule has 1 aromatic carbocycles. The van der Waals surface area contributed by atoms with Crippen molar-refractivity contribution in [1.29, 1.82) is 5.26 Å². The van der Waals surface area contributed by atoms with E-state index in [0.717, 1.165) is 17.7 Å². The molecule has 0 unspecified atom stereocenters. The summed E-state index contributed by atoms with van der Waals surface area (Å²) < 4.78 is 5.48. The van der Waals surface area contributed by atoms with E-state index >= 15 is 0 Å². The highest BCUT2D eigenvalue weighted by Crippen LogP contribution is 2.24. The van der Waals surface area contributed by atoms with Gasteiger partial charge in [-0.15, -0.1) is 0 Å². The summed E-state index contributed by atoms with van der Waals surface area (Å²) in [6.07, 6.45) is 2.49. The fraction of sp³-hybridized carbons (Fsp3) is 0.200. The third-order valence-corrected chi connectivity index (χ3v) is 2.84. The number of benzene rings is 1. The Bertz CT molecular complexity index is 603. The van der Waals surface area contributed by atoms with Crippen LogP contribution in [-0.4, -0.2) is 11.6 Å². The van der Waals surface area contributed by atoms with Crippen LogP contribution in [0.5, 0.6) is 5.75 Å². The van der Waals surface area contributed by atoms with Crippen molar-refractivity contribution < 1.29 is 4.74 Å². The van der Waals surface area contributed by atoms with Gasteiger partial charge in [-0.2, -0.15) is 5.26 Å². The fourth-order valence-electron chi connectivity index (χ4n) is 1.64. The van der Waals surface area contributed by atoms with Gasteiger partial charge in [0.1, 0.15) is 6.07 Å². The van der Waals surface area contributed by atoms with E-state index in [9.17, 15) is 0 Å². The van der Waals surface area contributed by atoms with E-state index < -0.39 is 0 Å². The zero-order chi connectivity index (χ0) is 13.7. The average molecular weight is 273 g/mol. The minimum Gasteiger partial charge on any atom is -0.491 e. The molecule has 1 heterocycles. The molecule has 0 radical (unpaired) electrons. The van der Waals surface area contributed by atoms with Crippen molar-refractivity contribution >= 4 is 11.6 Å². The molecular formula is C15H13ClN2O. The van der Waals surface area contributed by atoms with Gasteiger partial charge in [0.2, 0.25) is 0 Å². The van der Waals surface area contributed by atoms with Crippen molar-refractivity contribution in [3.63, 3.8) is 0 Å². The molecule has 0 spiro atoms. The average Bonchev–Trinajstić information content (AvgIpc) is 2.46. The van der Waals surface area contributed by atoms with E-state index in [4.69, 9.17) is 21.6 Å². The maximum absolute atomic E-state index is 9.15. The number of halogens is 1. The number of hydrogen-bond donors (Lipinski definition) is 0. The lowest BCUT2D eigenvalue weighted by molar-refractivity contribution is 0.315. The molecule has 0 atom stereocenters. The Labute approximate surface area is 117 Å². The molecule has 0 aliphatic carbocycles. The summed E-state index contributed by atoms with van der Waals surface area (Å²) in [7, 11) is 0. The molecule has 19 heavy (non-hydrogen) atoms. The van der Waals surface area contributed by atoms with E-state index in [0.29, 0.717) is 22.9 Å². The molecule has 2 rings (SSSR count). The van der Waals surface area contributed by atoms with Crippen molar-refractivity contribution in [2.24, 2.45) is 0 Å². The molecule has 0 amide bonds. The number of ether oxygens (including phenoxy) is 1. The van der Waals surface area contributed by atoms with E-state index in [2.05, 4.69) is 11.1 Å². The number of aromatic nitrogens is 1. The maximum Gasteiger partial charge on any atom is 0.155 e. The molecule has 2 aromatic rings. The zero-order valence-corrected chi connectivity index (χ0v) is 11.3. The first-order chi connectivity index (χ1) is 9.24. The van der Waals surface area contributed by atoms with Gasteiger partial charge in [-0.05, 0) is 24.6 Å². The van der Waals surface area contributed by atoms with Crippen LogP contribution in [0.3, 0.4) is 0 Å². The van der Waals surface area contributed by atoms with Gasteiger partial charge in [0.05, 0.1) is 24.1 Å². The summed E-state index contributed by atoms with van der Waals surface area (Å²) in [4.78, 5) is 4.32. The van der Waals surface area contributed by atoms with Crippen LogP contribution in [0.25, 0.3) is 11.3 Å². The Kier molecular flexibility index (Phi) is 4.38. The van der Waals surface area contributed by atoms with Gasteiger partial charge >= 0.3 is 0 Å². The SMILES string of the molecule is CCCOc1cnc(-c2ccc(Cl)cc2)cc1C#N. The molecule has 0 saturated heterocycles. The lowest BCUT2D eigenvalue weighted by Crippen LogP contribution is -1.98. The predicted octanol–water partition coefficient (Wildman–Crippen LogP) is 4.06. The fourth-order valence-corrected chi connectivity index (χ4v) is 1.76. The molecule has 0 aliphatic heterocycles. The van der Waals surface area contributed by atoms with Gasteiger partial charge in [-0.1, -0.05) is 30.7 Å². The van der Waals surface area contributed by atoms with Gasteiger partial charge in [-0.3, -0.25) is 4.98 Å². The molecule has 4 heteroatoms. The van der Waals surface area contributed by atoms with E-state index in [-0.39, 0.29) is 0 Å². The first-order valence-electron chi connectivity index (χ1n) is 6.03. The molecule has 96 valence electrons. The second-order valence-electron chi connectivity index (χ2n) is 4.03. The third kappa shape index (κ3) is 3.24. The van der Waals surface area contributed by atoms with Crippen molar-refractivity contribution in [2.45, 2.75) is 13.3 Å². The smallest absolute Gasteiger partial charge is 0.155 e. The van der Waals surface area contributed by atoms with Gasteiger partial charge in [0, 0.05) is 10.6 Å². The zero-order valence-electron chi connectivity index (χ0n) is 10.6. The number of rotatable bonds is 4. The van der Waals surface area contributed by atoms with E-state index in [1.165, 1.54) is 0 Å². The van der Waals surface area contributed by atoms with Crippen molar-refractivity contribution in [3.05, 3.63) is 47.1 Å². The Balaban J connectivity index is 2.33. The quantitative estimate of drug-likeness (QED) is 0.843. The summed E-state index contributed by atoms with van der Waals surface area (Å²) in [6, 6.07) is 11.2. The Hall–Kier alpha value is -2.05. The highest BCUT2D eigenvalue weighted by Gasteiger charge is 2.07. The number of hydrogen-bond acceptors (Lipinski definition) is 3. The molecule has 0 aliphatic rings. The van der Waals surface area contributed by atoms with E-state index in [1.54, 1.807) is 24.4 Å². The van der Waals surface area contributed by atoms with Gasteiger partial charge in [0.15, 0.2) is 5.75 Å². The van der Waals surface area contributed by atoms with Crippen molar-refractivity contribution in [2.75, 3.05) is 6.61 Å². The van der Waals surface area contributed by atoms with Gasteiger partial charge in [0.25, 0.3) is 0 Å². The summed E-state index contributed by atoms with van der Waals surface area (Å²) in [5, 5.41) is 9.83. The van der Waals surface area contributed by atoms with Crippen LogP contribution in [0, 0.1) is 11.3 Å². The molecule has 0 bridgehead atoms. The van der Waals surface area contributed by atoms with Crippen molar-refractivity contribution in [3.8, 4) is 23.1 Å². The van der Waals surface area contributed by atoms with Crippen LogP contribution >= 0.6 is 11.6 Å². The van der Waals surface area contributed by atoms with Crippen LogP contribution in [0.1, 0.15) is 18.9 Å². The lowest BCUT2D eigenvalue weighted by atomic mass is 10.1. The van der Waals surface area contributed by atoms with Crippen LogP contribution in [0.2, 0.25) is 5.02 Å². The lowest BCUT2D eigenvalue weighted by Gasteiger charge is -2.08. The van der Waals surface area contributed by atoms with E-state index in [1.807, 2.05) is 19.1 Å². The molecular weight excluding hydrogens is 260 g/mol. The first kappa shape index (κ1) is 13.4. The van der Waals surface area contributed by atoms with Crippen LogP contribution < -0.4 is 4.74 Å². The molecule has 0 N–H and O–H groups in total. The number of nitrogens with zero attached hydrogens (tertiary/aromatic N) is 2. The normalized spacial score (nSPS) is 9.95. The number of nitriles is 1. The predicted molar refractivity (Wildman–Crippen MR) is 75.2 cm³/mol. The van der Waals surface area contributed by atoms with Gasteiger partial charge < -0.3 is 4.74 Å². The second kappa shape index (κ2) is 6.21. The first-order valence-corrected chi connectivity index (χ1v) is 6.41. The molecule has 3 nitrogen and oxygen atoms in total. The molecule has 1 aromatic heterocycles. The van der Waals surface area contributed by atoms with Gasteiger partial charge in [-0.25, -0.2) is 0 Å². The second-order valence-corrected chi connectivity index (χ2v) is 4.47. The summed E-state index contributed by atoms with van der Waals surface area (Å²) in [6.45, 7) is 2.60. The van der Waals surface area contributed by atoms with Crippen LogP contribution in [0.15, 0.2) is 36.5 Å². The number of pyridine rings is 1. The van der Waals surface area contributed by atoms with Crippen LogP contribution in [-0.2, 0) is 0 Å². The molecule has 0 fully saturated rings. The maximum atomic E-state index is 9.15. The Morgan fingerprint density at radius 2 is 2.05 bits per heavy atom. The van der Waals surface area contributed by atoms with Crippen LogP contribution in [0.4, 0.5) is 0 Å². The summed E-state index contributed by atoms with van der Waals surface area (Å²) >= 11 is 5.85. The Morgan fingerprint density at radius 3 is 2.68 bits per heavy atom. The third-order valence-electron chi connectivity index (χ3n) is 2.59. The standard InChI is InChI=1S/C15H13ClN2O/c1-2-7-19-15-10-18-14(8-12(15)9-17)11-3-5-13(16)6-4-11/h3-6,8,10H,2,7H2,1H3. The summed E-state index contributed by atoms with van der Waals surface area (Å²) in [5.41, 5.74) is 2.15. The van der Waals surface area contributed by atoms with Crippen molar-refractivity contribution in [1.82, 2.24) is 4.98 Å². The highest BCUT2D eigenvalue weighted by molar-refractivity contribution is 6.30. The minimum atomic E-state index is 0.494. The molecule has 0 saturated carbocycles. The summed E-state index contributed by atoms with van der Waals surface area (Å²) in [5.74, 6) is 0.530. The highest BCUT2D eigenvalue weighted by atomic mass is 35.5. The Morgan fingerprint density at radius 1 is 1.32 bits per heavy atom.